The van der Waals surface area contributed by atoms with Crippen molar-refractivity contribution in [3.63, 3.8) is 0 Å². The first-order valence-corrected chi connectivity index (χ1v) is 7.68. The van der Waals surface area contributed by atoms with Gasteiger partial charge < -0.3 is 0 Å². The number of hydrogen-bond acceptors (Lipinski definition) is 0. The van der Waals surface area contributed by atoms with Gasteiger partial charge in [-0.2, -0.15) is 0 Å². The van der Waals surface area contributed by atoms with Crippen molar-refractivity contribution in [1.82, 2.24) is 0 Å². The molecule has 0 radical (unpaired) electrons. The van der Waals surface area contributed by atoms with Crippen LogP contribution in [0, 0.1) is 10.8 Å². The maximum Gasteiger partial charge on any atom is 0.112 e. The van der Waals surface area contributed by atoms with Gasteiger partial charge in [0.1, 0.15) is 3.78 Å². The first kappa shape index (κ1) is 11.2. The van der Waals surface area contributed by atoms with Crippen molar-refractivity contribution in [2.24, 2.45) is 10.8 Å². The standard InChI is InChI=1S/C12H17BrCl2/c13-12(15)10-5-3-1-2-4-6-11(10,12)8-9(14)7-10/h9H,1-8H2/t9?,10-,11-,12?/m1/s1. The molecule has 3 heteroatoms. The lowest BCUT2D eigenvalue weighted by Crippen LogP contribution is -2.14. The Morgan fingerprint density at radius 1 is 0.933 bits per heavy atom. The van der Waals surface area contributed by atoms with Gasteiger partial charge in [0.15, 0.2) is 0 Å². The highest BCUT2D eigenvalue weighted by molar-refractivity contribution is 9.10. The third-order valence-electron chi connectivity index (χ3n) is 5.15. The average Bonchev–Trinajstić information content (AvgIpc) is 2.41. The lowest BCUT2D eigenvalue weighted by Gasteiger charge is -2.19. The summed E-state index contributed by atoms with van der Waals surface area (Å²) in [6.07, 6.45) is 10.3. The zero-order chi connectivity index (χ0) is 10.7. The first-order chi connectivity index (χ1) is 7.06. The Hall–Kier alpha value is 1.06. The van der Waals surface area contributed by atoms with E-state index in [1.165, 1.54) is 38.5 Å². The maximum atomic E-state index is 6.73. The summed E-state index contributed by atoms with van der Waals surface area (Å²) >= 11 is 16.9. The van der Waals surface area contributed by atoms with Gasteiger partial charge in [-0.1, -0.05) is 41.6 Å². The number of rotatable bonds is 0. The molecule has 0 aromatic carbocycles. The minimum atomic E-state index is -0.122. The Labute approximate surface area is 110 Å². The average molecular weight is 312 g/mol. The molecule has 3 saturated carbocycles. The fraction of sp³-hybridized carbons (Fsp3) is 1.00. The predicted octanol–water partition coefficient (Wildman–Crippen LogP) is 5.06. The summed E-state index contributed by atoms with van der Waals surface area (Å²) in [6.45, 7) is 0. The van der Waals surface area contributed by atoms with E-state index in [1.807, 2.05) is 0 Å². The predicted molar refractivity (Wildman–Crippen MR) is 69.0 cm³/mol. The molecule has 3 fully saturated rings. The lowest BCUT2D eigenvalue weighted by molar-refractivity contribution is 0.301. The van der Waals surface area contributed by atoms with Crippen LogP contribution >= 0.6 is 39.1 Å². The van der Waals surface area contributed by atoms with E-state index in [9.17, 15) is 0 Å². The topological polar surface area (TPSA) is 0 Å². The minimum Gasteiger partial charge on any atom is -0.123 e. The zero-order valence-corrected chi connectivity index (χ0v) is 12.0. The zero-order valence-electron chi connectivity index (χ0n) is 8.87. The number of halogens is 3. The van der Waals surface area contributed by atoms with Crippen LogP contribution in [0.4, 0.5) is 0 Å². The minimum absolute atomic E-state index is 0.122. The molecule has 0 nitrogen and oxygen atoms in total. The fourth-order valence-corrected chi connectivity index (χ4v) is 6.99. The van der Waals surface area contributed by atoms with Crippen molar-refractivity contribution in [1.29, 1.82) is 0 Å². The first-order valence-electron chi connectivity index (χ1n) is 6.08. The summed E-state index contributed by atoms with van der Waals surface area (Å²) in [5.41, 5.74) is 0.656. The van der Waals surface area contributed by atoms with Crippen molar-refractivity contribution in [3.8, 4) is 0 Å². The molecule has 0 heterocycles. The lowest BCUT2D eigenvalue weighted by atomic mass is 9.84. The van der Waals surface area contributed by atoms with Gasteiger partial charge in [-0.15, -0.1) is 23.2 Å². The van der Waals surface area contributed by atoms with Crippen molar-refractivity contribution in [3.05, 3.63) is 0 Å². The molecule has 0 N–H and O–H groups in total. The summed E-state index contributed by atoms with van der Waals surface area (Å²) in [5, 5.41) is 0.368. The van der Waals surface area contributed by atoms with Crippen LogP contribution < -0.4 is 0 Å². The van der Waals surface area contributed by atoms with E-state index < -0.39 is 0 Å². The van der Waals surface area contributed by atoms with Gasteiger partial charge in [-0.3, -0.25) is 0 Å². The van der Waals surface area contributed by atoms with E-state index in [-0.39, 0.29) is 3.78 Å². The SMILES string of the molecule is ClC1C[C@]23CCCCCC[C@]2(C1)C3(Cl)Br. The molecule has 3 aliphatic rings. The van der Waals surface area contributed by atoms with Crippen LogP contribution in [0.1, 0.15) is 51.4 Å². The highest BCUT2D eigenvalue weighted by atomic mass is 79.9. The second-order valence-corrected chi connectivity index (χ2v) is 8.49. The molecule has 0 bridgehead atoms. The van der Waals surface area contributed by atoms with Crippen LogP contribution in [-0.2, 0) is 0 Å². The Balaban J connectivity index is 1.95. The van der Waals surface area contributed by atoms with E-state index in [2.05, 4.69) is 15.9 Å². The monoisotopic (exact) mass is 310 g/mol. The molecular formula is C12H17BrCl2. The number of hydrogen-bond donors (Lipinski definition) is 0. The molecule has 0 spiro atoms. The summed E-state index contributed by atoms with van der Waals surface area (Å²) < 4.78 is -0.122. The van der Waals surface area contributed by atoms with Crippen molar-refractivity contribution in [2.75, 3.05) is 0 Å². The summed E-state index contributed by atoms with van der Waals surface area (Å²) in [6, 6.07) is 0. The van der Waals surface area contributed by atoms with Crippen molar-refractivity contribution >= 4 is 39.1 Å². The smallest absolute Gasteiger partial charge is 0.112 e. The highest BCUT2D eigenvalue weighted by Crippen LogP contribution is 2.89. The van der Waals surface area contributed by atoms with E-state index in [4.69, 9.17) is 23.2 Å². The van der Waals surface area contributed by atoms with Crippen LogP contribution in [0.3, 0.4) is 0 Å². The van der Waals surface area contributed by atoms with Gasteiger partial charge >= 0.3 is 0 Å². The molecule has 0 saturated heterocycles. The summed E-state index contributed by atoms with van der Waals surface area (Å²) in [4.78, 5) is 0. The van der Waals surface area contributed by atoms with Crippen LogP contribution in [0.2, 0.25) is 0 Å². The molecule has 3 aliphatic carbocycles. The molecule has 0 amide bonds. The van der Waals surface area contributed by atoms with Gasteiger partial charge in [-0.25, -0.2) is 0 Å². The molecule has 86 valence electrons. The van der Waals surface area contributed by atoms with E-state index in [0.717, 1.165) is 12.8 Å². The quantitative estimate of drug-likeness (QED) is 0.549. The summed E-state index contributed by atoms with van der Waals surface area (Å²) in [7, 11) is 0. The molecular weight excluding hydrogens is 295 g/mol. The molecule has 0 aliphatic heterocycles. The Morgan fingerprint density at radius 2 is 1.40 bits per heavy atom. The van der Waals surface area contributed by atoms with E-state index >= 15 is 0 Å². The van der Waals surface area contributed by atoms with Crippen LogP contribution in [0.25, 0.3) is 0 Å². The van der Waals surface area contributed by atoms with Crippen molar-refractivity contribution in [2.45, 2.75) is 60.5 Å². The molecule has 0 unspecified atom stereocenters. The number of alkyl halides is 3. The van der Waals surface area contributed by atoms with Gasteiger partial charge in [0, 0.05) is 16.2 Å². The van der Waals surface area contributed by atoms with Crippen LogP contribution in [0.15, 0.2) is 0 Å². The van der Waals surface area contributed by atoms with Crippen LogP contribution in [0.5, 0.6) is 0 Å². The molecule has 0 aromatic rings. The highest BCUT2D eigenvalue weighted by Gasteiger charge is 2.87. The Morgan fingerprint density at radius 3 is 1.87 bits per heavy atom. The maximum absolute atomic E-state index is 6.73. The van der Waals surface area contributed by atoms with Gasteiger partial charge in [0.2, 0.25) is 0 Å². The van der Waals surface area contributed by atoms with Crippen molar-refractivity contribution < 1.29 is 0 Å². The van der Waals surface area contributed by atoms with E-state index in [1.54, 1.807) is 0 Å². The van der Waals surface area contributed by atoms with Gasteiger partial charge in [0.25, 0.3) is 0 Å². The van der Waals surface area contributed by atoms with Gasteiger partial charge in [-0.05, 0) is 25.7 Å². The summed E-state index contributed by atoms with van der Waals surface area (Å²) in [5.74, 6) is 0. The second kappa shape index (κ2) is 3.29. The Bertz CT molecular complexity index is 265. The van der Waals surface area contributed by atoms with Gasteiger partial charge in [0.05, 0.1) is 0 Å². The largest absolute Gasteiger partial charge is 0.123 e. The third kappa shape index (κ3) is 1.16. The molecule has 2 atom stereocenters. The molecule has 15 heavy (non-hydrogen) atoms. The molecule has 0 aromatic heterocycles. The molecule has 3 rings (SSSR count). The fourth-order valence-electron chi connectivity index (χ4n) is 4.42. The van der Waals surface area contributed by atoms with E-state index in [0.29, 0.717) is 16.2 Å². The second-order valence-electron chi connectivity index (χ2n) is 5.66. The van der Waals surface area contributed by atoms with Crippen LogP contribution in [-0.4, -0.2) is 9.16 Å². The third-order valence-corrected chi connectivity index (χ3v) is 7.70. The Kier molecular flexibility index (Phi) is 2.45. The normalized spacial score (nSPS) is 55.4.